The molecule has 1 aromatic carbocycles. The van der Waals surface area contributed by atoms with Gasteiger partial charge in [0.2, 0.25) is 5.75 Å². The molecule has 0 aliphatic carbocycles. The number of hydrogen-bond donors (Lipinski definition) is 0. The SMILES string of the molecule is COCc1ccc(C2COc3cc(Cn4cnc5cc(OC)cnc54)cc(OC)c3O2)cn1. The zero-order valence-electron chi connectivity index (χ0n) is 18.6. The molecule has 1 aliphatic rings. The van der Waals surface area contributed by atoms with Gasteiger partial charge in [-0.2, -0.15) is 0 Å². The van der Waals surface area contributed by atoms with Gasteiger partial charge in [-0.1, -0.05) is 6.07 Å². The van der Waals surface area contributed by atoms with Crippen LogP contribution < -0.4 is 18.9 Å². The van der Waals surface area contributed by atoms with E-state index in [0.29, 0.717) is 42.8 Å². The summed E-state index contributed by atoms with van der Waals surface area (Å²) in [5.41, 5.74) is 4.31. The summed E-state index contributed by atoms with van der Waals surface area (Å²) in [6.07, 6.45) is 4.96. The van der Waals surface area contributed by atoms with E-state index < -0.39 is 0 Å². The number of benzene rings is 1. The number of pyridine rings is 2. The quantitative estimate of drug-likeness (QED) is 0.424. The van der Waals surface area contributed by atoms with E-state index in [9.17, 15) is 0 Å². The summed E-state index contributed by atoms with van der Waals surface area (Å²) in [6.45, 7) is 1.40. The number of imidazole rings is 1. The van der Waals surface area contributed by atoms with Gasteiger partial charge in [-0.25, -0.2) is 9.97 Å². The second kappa shape index (κ2) is 8.95. The third-order valence-corrected chi connectivity index (χ3v) is 5.48. The fourth-order valence-corrected chi connectivity index (χ4v) is 3.82. The Hall–Kier alpha value is -3.85. The maximum atomic E-state index is 6.26. The van der Waals surface area contributed by atoms with E-state index in [1.165, 1.54) is 0 Å². The molecule has 4 heterocycles. The lowest BCUT2D eigenvalue weighted by molar-refractivity contribution is 0.0866. The molecule has 170 valence electrons. The van der Waals surface area contributed by atoms with Gasteiger partial charge in [0.25, 0.3) is 0 Å². The predicted octanol–water partition coefficient (Wildman–Crippen LogP) is 3.55. The summed E-state index contributed by atoms with van der Waals surface area (Å²) in [6, 6.07) is 9.67. The minimum Gasteiger partial charge on any atom is -0.495 e. The standard InChI is InChI=1S/C24H24N4O5/c1-29-12-17-5-4-16(9-25-17)22-13-32-21-7-15(6-20(31-3)23(21)33-22)11-28-14-27-19-8-18(30-2)10-26-24(19)28/h4-10,14,22H,11-13H2,1-3H3. The van der Waals surface area contributed by atoms with Crippen molar-refractivity contribution in [3.63, 3.8) is 0 Å². The molecule has 5 rings (SSSR count). The summed E-state index contributed by atoms with van der Waals surface area (Å²) in [4.78, 5) is 13.3. The lowest BCUT2D eigenvalue weighted by Gasteiger charge is -2.28. The van der Waals surface area contributed by atoms with Crippen molar-refractivity contribution in [3.8, 4) is 23.0 Å². The molecule has 0 N–H and O–H groups in total. The molecule has 0 radical (unpaired) electrons. The van der Waals surface area contributed by atoms with Crippen LogP contribution in [0.4, 0.5) is 0 Å². The number of nitrogens with zero attached hydrogens (tertiary/aromatic N) is 4. The van der Waals surface area contributed by atoms with Crippen LogP contribution in [-0.4, -0.2) is 47.5 Å². The molecule has 9 heteroatoms. The van der Waals surface area contributed by atoms with Crippen LogP contribution in [-0.2, 0) is 17.9 Å². The van der Waals surface area contributed by atoms with Gasteiger partial charge in [0.05, 0.1) is 45.6 Å². The summed E-state index contributed by atoms with van der Waals surface area (Å²) in [5, 5.41) is 0. The molecule has 0 saturated carbocycles. The van der Waals surface area contributed by atoms with Crippen LogP contribution in [0.1, 0.15) is 22.9 Å². The van der Waals surface area contributed by atoms with Crippen LogP contribution in [0.15, 0.2) is 49.1 Å². The van der Waals surface area contributed by atoms with Crippen molar-refractivity contribution >= 4 is 11.2 Å². The molecule has 9 nitrogen and oxygen atoms in total. The minimum absolute atomic E-state index is 0.280. The molecule has 0 fully saturated rings. The zero-order valence-corrected chi connectivity index (χ0v) is 18.6. The average Bonchev–Trinajstić information content (AvgIpc) is 3.25. The second-order valence-corrected chi connectivity index (χ2v) is 7.65. The summed E-state index contributed by atoms with van der Waals surface area (Å²) in [7, 11) is 4.88. The summed E-state index contributed by atoms with van der Waals surface area (Å²) in [5.74, 6) is 2.50. The summed E-state index contributed by atoms with van der Waals surface area (Å²) < 4.78 is 30.3. The molecule has 3 aromatic heterocycles. The highest BCUT2D eigenvalue weighted by atomic mass is 16.6. The van der Waals surface area contributed by atoms with Crippen molar-refractivity contribution < 1.29 is 23.7 Å². The first kappa shape index (κ1) is 21.0. The highest BCUT2D eigenvalue weighted by Gasteiger charge is 2.27. The largest absolute Gasteiger partial charge is 0.495 e. The van der Waals surface area contributed by atoms with Crippen molar-refractivity contribution in [2.24, 2.45) is 0 Å². The van der Waals surface area contributed by atoms with Crippen LogP contribution in [0.2, 0.25) is 0 Å². The Kier molecular flexibility index (Phi) is 5.70. The Morgan fingerprint density at radius 3 is 2.70 bits per heavy atom. The number of ether oxygens (including phenoxy) is 5. The number of methoxy groups -OCH3 is 3. The Morgan fingerprint density at radius 1 is 1.03 bits per heavy atom. The van der Waals surface area contributed by atoms with Gasteiger partial charge in [-0.3, -0.25) is 4.98 Å². The molecule has 0 saturated heterocycles. The molecule has 1 aliphatic heterocycles. The van der Waals surface area contributed by atoms with Gasteiger partial charge < -0.3 is 28.3 Å². The number of rotatable bonds is 7. The Labute approximate surface area is 190 Å². The maximum absolute atomic E-state index is 6.26. The average molecular weight is 448 g/mol. The molecule has 4 aromatic rings. The molecular formula is C24H24N4O5. The van der Waals surface area contributed by atoms with E-state index in [0.717, 1.165) is 28.0 Å². The van der Waals surface area contributed by atoms with E-state index in [4.69, 9.17) is 23.7 Å². The molecule has 1 unspecified atom stereocenters. The van der Waals surface area contributed by atoms with Gasteiger partial charge in [0.1, 0.15) is 17.9 Å². The van der Waals surface area contributed by atoms with Gasteiger partial charge >= 0.3 is 0 Å². The van der Waals surface area contributed by atoms with Gasteiger partial charge in [0.15, 0.2) is 23.3 Å². The first-order valence-electron chi connectivity index (χ1n) is 10.5. The summed E-state index contributed by atoms with van der Waals surface area (Å²) >= 11 is 0. The monoisotopic (exact) mass is 448 g/mol. The van der Waals surface area contributed by atoms with Crippen molar-refractivity contribution in [2.75, 3.05) is 27.9 Å². The lowest BCUT2D eigenvalue weighted by Crippen LogP contribution is -2.22. The van der Waals surface area contributed by atoms with Crippen molar-refractivity contribution in [3.05, 3.63) is 65.9 Å². The molecule has 0 spiro atoms. The Bertz CT molecular complexity index is 1250. The van der Waals surface area contributed by atoms with Crippen LogP contribution in [0, 0.1) is 0 Å². The van der Waals surface area contributed by atoms with E-state index >= 15 is 0 Å². The zero-order chi connectivity index (χ0) is 22.8. The van der Waals surface area contributed by atoms with E-state index in [2.05, 4.69) is 15.0 Å². The molecular weight excluding hydrogens is 424 g/mol. The number of hydrogen-bond acceptors (Lipinski definition) is 8. The Morgan fingerprint density at radius 2 is 1.94 bits per heavy atom. The molecule has 1 atom stereocenters. The third-order valence-electron chi connectivity index (χ3n) is 5.48. The van der Waals surface area contributed by atoms with Crippen molar-refractivity contribution in [2.45, 2.75) is 19.3 Å². The van der Waals surface area contributed by atoms with E-state index in [1.807, 2.05) is 34.9 Å². The van der Waals surface area contributed by atoms with Crippen molar-refractivity contribution in [1.82, 2.24) is 19.5 Å². The highest BCUT2D eigenvalue weighted by Crippen LogP contribution is 2.44. The molecule has 0 bridgehead atoms. The van der Waals surface area contributed by atoms with E-state index in [1.54, 1.807) is 40.1 Å². The molecule has 0 amide bonds. The smallest absolute Gasteiger partial charge is 0.204 e. The number of aromatic nitrogens is 4. The Balaban J connectivity index is 1.39. The van der Waals surface area contributed by atoms with Gasteiger partial charge in [-0.05, 0) is 23.8 Å². The fourth-order valence-electron chi connectivity index (χ4n) is 3.82. The third kappa shape index (κ3) is 4.14. The lowest BCUT2D eigenvalue weighted by atomic mass is 10.1. The highest BCUT2D eigenvalue weighted by molar-refractivity contribution is 5.72. The van der Waals surface area contributed by atoms with Crippen LogP contribution in [0.25, 0.3) is 11.2 Å². The first-order valence-corrected chi connectivity index (χ1v) is 10.5. The fraction of sp³-hybridized carbons (Fsp3) is 0.292. The minimum atomic E-state index is -0.280. The second-order valence-electron chi connectivity index (χ2n) is 7.65. The number of fused-ring (bicyclic) bond motifs is 2. The van der Waals surface area contributed by atoms with Gasteiger partial charge in [0, 0.05) is 24.9 Å². The van der Waals surface area contributed by atoms with Crippen LogP contribution in [0.5, 0.6) is 23.0 Å². The molecule has 33 heavy (non-hydrogen) atoms. The first-order chi connectivity index (χ1) is 16.2. The maximum Gasteiger partial charge on any atom is 0.204 e. The van der Waals surface area contributed by atoms with Crippen molar-refractivity contribution in [1.29, 1.82) is 0 Å². The topological polar surface area (TPSA) is 89.8 Å². The van der Waals surface area contributed by atoms with E-state index in [-0.39, 0.29) is 6.10 Å². The van der Waals surface area contributed by atoms with Crippen LogP contribution >= 0.6 is 0 Å². The normalized spacial score (nSPS) is 14.9. The van der Waals surface area contributed by atoms with Crippen LogP contribution in [0.3, 0.4) is 0 Å². The predicted molar refractivity (Wildman–Crippen MR) is 120 cm³/mol. The van der Waals surface area contributed by atoms with Gasteiger partial charge in [-0.15, -0.1) is 0 Å².